The molecule has 0 unspecified atom stereocenters. The zero-order valence-corrected chi connectivity index (χ0v) is 10.7. The van der Waals surface area contributed by atoms with E-state index >= 15 is 0 Å². The standard InChI is InChI=1S/C10H19N3O2S/c1-9(11-6-8-16(3,14)15)10(2)13-7-4-5-12-13/h4-5,7,9-11H,6,8H2,1-3H3/t9-,10-/m1/s1. The van der Waals surface area contributed by atoms with Crippen molar-refractivity contribution in [2.75, 3.05) is 18.6 Å². The molecule has 0 saturated heterocycles. The van der Waals surface area contributed by atoms with Crippen LogP contribution in [0.5, 0.6) is 0 Å². The molecule has 1 heterocycles. The quantitative estimate of drug-likeness (QED) is 0.791. The Kier molecular flexibility index (Phi) is 4.49. The fourth-order valence-corrected chi connectivity index (χ4v) is 1.88. The molecule has 6 heteroatoms. The first-order valence-corrected chi connectivity index (χ1v) is 7.36. The van der Waals surface area contributed by atoms with E-state index in [1.54, 1.807) is 6.20 Å². The largest absolute Gasteiger partial charge is 0.311 e. The van der Waals surface area contributed by atoms with Gasteiger partial charge in [0.05, 0.1) is 11.8 Å². The Morgan fingerprint density at radius 1 is 1.44 bits per heavy atom. The summed E-state index contributed by atoms with van der Waals surface area (Å²) < 4.78 is 23.8. The highest BCUT2D eigenvalue weighted by atomic mass is 32.2. The Morgan fingerprint density at radius 2 is 2.12 bits per heavy atom. The average Bonchev–Trinajstić information content (AvgIpc) is 2.67. The van der Waals surface area contributed by atoms with Crippen LogP contribution in [0.1, 0.15) is 19.9 Å². The Balaban J connectivity index is 2.38. The van der Waals surface area contributed by atoms with Crippen molar-refractivity contribution in [1.29, 1.82) is 0 Å². The summed E-state index contributed by atoms with van der Waals surface area (Å²) in [6.45, 7) is 4.55. The number of aromatic nitrogens is 2. The lowest BCUT2D eigenvalue weighted by Gasteiger charge is -2.21. The van der Waals surface area contributed by atoms with E-state index < -0.39 is 9.84 Å². The molecular formula is C10H19N3O2S. The molecule has 0 amide bonds. The second-order valence-electron chi connectivity index (χ2n) is 4.10. The predicted octanol–water partition coefficient (Wildman–Crippen LogP) is 0.467. The van der Waals surface area contributed by atoms with E-state index in [4.69, 9.17) is 0 Å². The van der Waals surface area contributed by atoms with E-state index in [9.17, 15) is 8.42 Å². The number of hydrogen-bond donors (Lipinski definition) is 1. The third kappa shape index (κ3) is 4.32. The molecule has 0 aliphatic heterocycles. The lowest BCUT2D eigenvalue weighted by atomic mass is 10.2. The normalized spacial score (nSPS) is 15.9. The summed E-state index contributed by atoms with van der Waals surface area (Å²) in [6.07, 6.45) is 4.88. The highest BCUT2D eigenvalue weighted by Crippen LogP contribution is 2.08. The second-order valence-corrected chi connectivity index (χ2v) is 6.36. The number of rotatable bonds is 6. The molecule has 1 aromatic rings. The second kappa shape index (κ2) is 5.45. The molecule has 0 radical (unpaired) electrons. The van der Waals surface area contributed by atoms with Gasteiger partial charge in [0.15, 0.2) is 0 Å². The molecule has 0 spiro atoms. The molecule has 1 N–H and O–H groups in total. The van der Waals surface area contributed by atoms with Gasteiger partial charge in [-0.3, -0.25) is 4.68 Å². The van der Waals surface area contributed by atoms with Gasteiger partial charge in [0.25, 0.3) is 0 Å². The lowest BCUT2D eigenvalue weighted by molar-refractivity contribution is 0.372. The van der Waals surface area contributed by atoms with Crippen molar-refractivity contribution in [2.24, 2.45) is 0 Å². The molecule has 2 atom stereocenters. The molecule has 1 rings (SSSR count). The van der Waals surface area contributed by atoms with E-state index in [-0.39, 0.29) is 17.8 Å². The van der Waals surface area contributed by atoms with Crippen molar-refractivity contribution in [3.8, 4) is 0 Å². The van der Waals surface area contributed by atoms with Gasteiger partial charge < -0.3 is 5.32 Å². The topological polar surface area (TPSA) is 64.0 Å². The van der Waals surface area contributed by atoms with Crippen LogP contribution in [0.4, 0.5) is 0 Å². The Morgan fingerprint density at radius 3 is 2.62 bits per heavy atom. The summed E-state index contributed by atoms with van der Waals surface area (Å²) in [5.41, 5.74) is 0. The van der Waals surface area contributed by atoms with Gasteiger partial charge in [0, 0.05) is 31.2 Å². The molecule has 0 fully saturated rings. The molecule has 1 aromatic heterocycles. The minimum Gasteiger partial charge on any atom is -0.311 e. The highest BCUT2D eigenvalue weighted by Gasteiger charge is 2.13. The monoisotopic (exact) mass is 245 g/mol. The fraction of sp³-hybridized carbons (Fsp3) is 0.700. The van der Waals surface area contributed by atoms with Gasteiger partial charge >= 0.3 is 0 Å². The maximum absolute atomic E-state index is 11.0. The summed E-state index contributed by atoms with van der Waals surface area (Å²) >= 11 is 0. The van der Waals surface area contributed by atoms with E-state index in [0.717, 1.165) is 0 Å². The van der Waals surface area contributed by atoms with Crippen LogP contribution >= 0.6 is 0 Å². The van der Waals surface area contributed by atoms with Gasteiger partial charge in [-0.15, -0.1) is 0 Å². The molecular weight excluding hydrogens is 226 g/mol. The lowest BCUT2D eigenvalue weighted by Crippen LogP contribution is -2.36. The zero-order valence-electron chi connectivity index (χ0n) is 9.92. The maximum atomic E-state index is 11.0. The Labute approximate surface area is 96.8 Å². The average molecular weight is 245 g/mol. The summed E-state index contributed by atoms with van der Waals surface area (Å²) in [5, 5.41) is 7.34. The van der Waals surface area contributed by atoms with Crippen LogP contribution in [0, 0.1) is 0 Å². The van der Waals surface area contributed by atoms with Crippen molar-refractivity contribution in [3.63, 3.8) is 0 Å². The summed E-state index contributed by atoms with van der Waals surface area (Å²) in [4.78, 5) is 0. The van der Waals surface area contributed by atoms with Crippen LogP contribution < -0.4 is 5.32 Å². The number of nitrogens with one attached hydrogen (secondary N) is 1. The predicted molar refractivity (Wildman–Crippen MR) is 64.1 cm³/mol. The molecule has 0 saturated carbocycles. The zero-order chi connectivity index (χ0) is 12.2. The molecule has 16 heavy (non-hydrogen) atoms. The van der Waals surface area contributed by atoms with Crippen molar-refractivity contribution in [3.05, 3.63) is 18.5 Å². The minimum atomic E-state index is -2.88. The highest BCUT2D eigenvalue weighted by molar-refractivity contribution is 7.90. The van der Waals surface area contributed by atoms with Gasteiger partial charge in [0.1, 0.15) is 9.84 Å². The van der Waals surface area contributed by atoms with Crippen LogP contribution in [0.2, 0.25) is 0 Å². The SMILES string of the molecule is C[C@H]([C@@H](C)NCCS(C)(=O)=O)n1cccn1. The first kappa shape index (κ1) is 13.2. The van der Waals surface area contributed by atoms with Crippen LogP contribution in [0.15, 0.2) is 18.5 Å². The molecule has 0 aliphatic rings. The van der Waals surface area contributed by atoms with Crippen LogP contribution in [-0.4, -0.2) is 42.8 Å². The molecule has 92 valence electrons. The fourth-order valence-electron chi connectivity index (χ4n) is 1.39. The minimum absolute atomic E-state index is 0.170. The van der Waals surface area contributed by atoms with Crippen molar-refractivity contribution in [1.82, 2.24) is 15.1 Å². The van der Waals surface area contributed by atoms with Crippen LogP contribution in [0.25, 0.3) is 0 Å². The van der Waals surface area contributed by atoms with Crippen molar-refractivity contribution in [2.45, 2.75) is 25.9 Å². The number of hydrogen-bond acceptors (Lipinski definition) is 4. The van der Waals surface area contributed by atoms with Crippen LogP contribution in [0.3, 0.4) is 0 Å². The van der Waals surface area contributed by atoms with E-state index in [2.05, 4.69) is 10.4 Å². The first-order valence-electron chi connectivity index (χ1n) is 5.30. The first-order chi connectivity index (χ1) is 7.40. The van der Waals surface area contributed by atoms with Gasteiger partial charge in [-0.25, -0.2) is 8.42 Å². The smallest absolute Gasteiger partial charge is 0.148 e. The summed E-state index contributed by atoms with van der Waals surface area (Å²) in [7, 11) is -2.88. The van der Waals surface area contributed by atoms with E-state index in [1.807, 2.05) is 30.8 Å². The van der Waals surface area contributed by atoms with Gasteiger partial charge in [-0.05, 0) is 19.9 Å². The molecule has 0 bridgehead atoms. The van der Waals surface area contributed by atoms with Gasteiger partial charge in [0.2, 0.25) is 0 Å². The number of nitrogens with zero attached hydrogens (tertiary/aromatic N) is 2. The van der Waals surface area contributed by atoms with Crippen molar-refractivity contribution >= 4 is 9.84 Å². The third-order valence-electron chi connectivity index (χ3n) is 2.60. The van der Waals surface area contributed by atoms with Crippen molar-refractivity contribution < 1.29 is 8.42 Å². The van der Waals surface area contributed by atoms with Gasteiger partial charge in [-0.1, -0.05) is 0 Å². The third-order valence-corrected chi connectivity index (χ3v) is 3.55. The Hall–Kier alpha value is -0.880. The summed E-state index contributed by atoms with van der Waals surface area (Å²) in [6, 6.07) is 2.26. The van der Waals surface area contributed by atoms with Crippen LogP contribution in [-0.2, 0) is 9.84 Å². The number of sulfone groups is 1. The maximum Gasteiger partial charge on any atom is 0.148 e. The summed E-state index contributed by atoms with van der Waals surface area (Å²) in [5.74, 6) is 0.170. The van der Waals surface area contributed by atoms with E-state index in [0.29, 0.717) is 6.54 Å². The molecule has 0 aliphatic carbocycles. The van der Waals surface area contributed by atoms with E-state index in [1.165, 1.54) is 6.26 Å². The Bertz CT molecular complexity index is 400. The van der Waals surface area contributed by atoms with Gasteiger partial charge in [-0.2, -0.15) is 5.10 Å². The molecule has 5 nitrogen and oxygen atoms in total. The molecule has 0 aromatic carbocycles.